The van der Waals surface area contributed by atoms with Gasteiger partial charge in [0.2, 0.25) is 0 Å². The number of nitrogens with zero attached hydrogens (tertiary/aromatic N) is 2. The summed E-state index contributed by atoms with van der Waals surface area (Å²) in [4.78, 5) is 0. The van der Waals surface area contributed by atoms with Gasteiger partial charge in [-0.1, -0.05) is 0 Å². The van der Waals surface area contributed by atoms with E-state index in [1.165, 1.54) is 37.3 Å². The van der Waals surface area contributed by atoms with Crippen LogP contribution in [0.1, 0.15) is 19.3 Å². The first-order chi connectivity index (χ1) is 7.86. The normalized spacial score (nSPS) is 27.1. The number of hydrogen-bond acceptors (Lipinski definition) is 3. The second-order valence-electron chi connectivity index (χ2n) is 5.15. The van der Waals surface area contributed by atoms with Crippen molar-refractivity contribution >= 4 is 11.8 Å². The van der Waals surface area contributed by atoms with Crippen molar-refractivity contribution in [3.05, 3.63) is 18.5 Å². The zero-order valence-electron chi connectivity index (χ0n) is 9.56. The lowest BCUT2D eigenvalue weighted by Crippen LogP contribution is -2.35. The predicted octanol–water partition coefficient (Wildman–Crippen LogP) is 1.76. The maximum absolute atomic E-state index is 4.31. The highest BCUT2D eigenvalue weighted by molar-refractivity contribution is 7.99. The molecule has 1 saturated carbocycles. The van der Waals surface area contributed by atoms with Gasteiger partial charge in [0.15, 0.2) is 0 Å². The summed E-state index contributed by atoms with van der Waals surface area (Å²) >= 11 is 2.08. The smallest absolute Gasteiger partial charge is 0.0489 e. The van der Waals surface area contributed by atoms with E-state index in [9.17, 15) is 0 Å². The summed E-state index contributed by atoms with van der Waals surface area (Å²) in [5.41, 5.74) is 0.513. The molecule has 1 unspecified atom stereocenters. The molecule has 16 heavy (non-hydrogen) atoms. The summed E-state index contributed by atoms with van der Waals surface area (Å²) in [6, 6.07) is 2.78. The van der Waals surface area contributed by atoms with Crippen LogP contribution in [0.4, 0.5) is 0 Å². The van der Waals surface area contributed by atoms with Crippen LogP contribution in [0.15, 0.2) is 18.5 Å². The van der Waals surface area contributed by atoms with Crippen molar-refractivity contribution in [1.29, 1.82) is 0 Å². The van der Waals surface area contributed by atoms with E-state index in [2.05, 4.69) is 33.1 Å². The van der Waals surface area contributed by atoms with Gasteiger partial charge in [-0.3, -0.25) is 4.68 Å². The zero-order valence-corrected chi connectivity index (χ0v) is 10.4. The Morgan fingerprint density at radius 1 is 1.50 bits per heavy atom. The van der Waals surface area contributed by atoms with Gasteiger partial charge in [0.05, 0.1) is 0 Å². The number of thioether (sulfide) groups is 1. The summed E-state index contributed by atoms with van der Waals surface area (Å²) in [5, 5.41) is 8.04. The predicted molar refractivity (Wildman–Crippen MR) is 67.6 cm³/mol. The number of hydrogen-bond donors (Lipinski definition) is 1. The molecule has 1 saturated heterocycles. The molecule has 2 fully saturated rings. The van der Waals surface area contributed by atoms with Crippen molar-refractivity contribution < 1.29 is 0 Å². The van der Waals surface area contributed by atoms with E-state index in [0.717, 1.165) is 12.6 Å². The SMILES string of the molecule is c1cnn(CC2(CNC3CCSC3)CC2)c1. The molecular weight excluding hydrogens is 218 g/mol. The van der Waals surface area contributed by atoms with Crippen LogP contribution >= 0.6 is 11.8 Å². The average Bonchev–Trinajstić information content (AvgIpc) is 2.76. The molecule has 0 radical (unpaired) electrons. The van der Waals surface area contributed by atoms with Crippen molar-refractivity contribution in [2.24, 2.45) is 5.41 Å². The molecule has 0 spiro atoms. The van der Waals surface area contributed by atoms with Gasteiger partial charge in [-0.2, -0.15) is 16.9 Å². The van der Waals surface area contributed by atoms with Crippen LogP contribution < -0.4 is 5.32 Å². The van der Waals surface area contributed by atoms with Crippen LogP contribution in [0.25, 0.3) is 0 Å². The van der Waals surface area contributed by atoms with Crippen LogP contribution in [0.3, 0.4) is 0 Å². The van der Waals surface area contributed by atoms with Crippen LogP contribution in [0.5, 0.6) is 0 Å². The highest BCUT2D eigenvalue weighted by Crippen LogP contribution is 2.46. The van der Waals surface area contributed by atoms with Gasteiger partial charge in [0.25, 0.3) is 0 Å². The minimum Gasteiger partial charge on any atom is -0.313 e. The van der Waals surface area contributed by atoms with Gasteiger partial charge in [0, 0.05) is 42.7 Å². The van der Waals surface area contributed by atoms with Gasteiger partial charge in [-0.25, -0.2) is 0 Å². The Hall–Kier alpha value is -0.480. The first kappa shape index (κ1) is 10.7. The Morgan fingerprint density at radius 3 is 3.06 bits per heavy atom. The van der Waals surface area contributed by atoms with Crippen LogP contribution in [0, 0.1) is 5.41 Å². The third kappa shape index (κ3) is 2.43. The summed E-state index contributed by atoms with van der Waals surface area (Å²) in [6.45, 7) is 2.27. The van der Waals surface area contributed by atoms with Crippen molar-refractivity contribution in [3.8, 4) is 0 Å². The topological polar surface area (TPSA) is 29.9 Å². The van der Waals surface area contributed by atoms with E-state index in [0.29, 0.717) is 5.41 Å². The summed E-state index contributed by atoms with van der Waals surface area (Å²) in [5.74, 6) is 2.64. The molecule has 1 aliphatic heterocycles. The maximum atomic E-state index is 4.31. The highest BCUT2D eigenvalue weighted by atomic mass is 32.2. The molecule has 1 aromatic rings. The summed E-state index contributed by atoms with van der Waals surface area (Å²) < 4.78 is 2.08. The summed E-state index contributed by atoms with van der Waals surface area (Å²) in [6.07, 6.45) is 8.02. The van der Waals surface area contributed by atoms with Gasteiger partial charge in [-0.15, -0.1) is 0 Å². The lowest BCUT2D eigenvalue weighted by atomic mass is 10.1. The van der Waals surface area contributed by atoms with Crippen LogP contribution in [0.2, 0.25) is 0 Å². The van der Waals surface area contributed by atoms with Crippen molar-refractivity contribution in [1.82, 2.24) is 15.1 Å². The number of nitrogens with one attached hydrogen (secondary N) is 1. The Labute approximate surface area is 101 Å². The molecule has 4 heteroatoms. The molecule has 1 aromatic heterocycles. The molecule has 1 aliphatic carbocycles. The van der Waals surface area contributed by atoms with Crippen molar-refractivity contribution in [3.63, 3.8) is 0 Å². The van der Waals surface area contributed by atoms with Crippen molar-refractivity contribution in [2.75, 3.05) is 18.1 Å². The summed E-state index contributed by atoms with van der Waals surface area (Å²) in [7, 11) is 0. The second kappa shape index (κ2) is 4.41. The molecule has 3 rings (SSSR count). The fourth-order valence-electron chi connectivity index (χ4n) is 2.36. The van der Waals surface area contributed by atoms with E-state index in [1.807, 2.05) is 12.3 Å². The third-order valence-corrected chi connectivity index (χ3v) is 4.87. The zero-order chi connectivity index (χ0) is 10.8. The second-order valence-corrected chi connectivity index (χ2v) is 6.29. The van der Waals surface area contributed by atoms with Gasteiger partial charge < -0.3 is 5.32 Å². The Bertz CT molecular complexity index is 326. The molecular formula is C12H19N3S. The molecule has 1 atom stereocenters. The lowest BCUT2D eigenvalue weighted by molar-refractivity contribution is 0.357. The molecule has 0 bridgehead atoms. The first-order valence-electron chi connectivity index (χ1n) is 6.15. The van der Waals surface area contributed by atoms with Crippen LogP contribution in [-0.2, 0) is 6.54 Å². The third-order valence-electron chi connectivity index (χ3n) is 3.71. The standard InChI is InChI=1S/C12H19N3S/c1-5-14-15(6-1)10-12(3-4-12)9-13-11-2-7-16-8-11/h1,5-6,11,13H,2-4,7-10H2. The van der Waals surface area contributed by atoms with E-state index in [-0.39, 0.29) is 0 Å². The van der Waals surface area contributed by atoms with Gasteiger partial charge in [-0.05, 0) is 31.1 Å². The van der Waals surface area contributed by atoms with E-state index >= 15 is 0 Å². The Kier molecular flexibility index (Phi) is 2.94. The molecule has 0 amide bonds. The molecule has 2 heterocycles. The largest absolute Gasteiger partial charge is 0.313 e. The molecule has 2 aliphatic rings. The van der Waals surface area contributed by atoms with Gasteiger partial charge >= 0.3 is 0 Å². The molecule has 1 N–H and O–H groups in total. The molecule has 88 valence electrons. The van der Waals surface area contributed by atoms with Crippen molar-refractivity contribution in [2.45, 2.75) is 31.8 Å². The van der Waals surface area contributed by atoms with E-state index < -0.39 is 0 Å². The van der Waals surface area contributed by atoms with Crippen LogP contribution in [-0.4, -0.2) is 33.9 Å². The molecule has 3 nitrogen and oxygen atoms in total. The lowest BCUT2D eigenvalue weighted by Gasteiger charge is -2.19. The maximum Gasteiger partial charge on any atom is 0.0489 e. The first-order valence-corrected chi connectivity index (χ1v) is 7.30. The average molecular weight is 237 g/mol. The number of rotatable bonds is 5. The fourth-order valence-corrected chi connectivity index (χ4v) is 3.55. The quantitative estimate of drug-likeness (QED) is 0.846. The highest BCUT2D eigenvalue weighted by Gasteiger charge is 2.43. The van der Waals surface area contributed by atoms with E-state index in [4.69, 9.17) is 0 Å². The minimum atomic E-state index is 0.513. The minimum absolute atomic E-state index is 0.513. The fraction of sp³-hybridized carbons (Fsp3) is 0.750. The van der Waals surface area contributed by atoms with Gasteiger partial charge in [0.1, 0.15) is 0 Å². The number of aromatic nitrogens is 2. The molecule has 0 aromatic carbocycles. The monoisotopic (exact) mass is 237 g/mol. The Morgan fingerprint density at radius 2 is 2.44 bits per heavy atom. The Balaban J connectivity index is 1.49. The van der Waals surface area contributed by atoms with E-state index in [1.54, 1.807) is 0 Å².